The molecule has 4 N–H and O–H groups in total. The number of hydrogen-bond donors (Lipinski definition) is 4. The first kappa shape index (κ1) is 52.7. The van der Waals surface area contributed by atoms with Crippen molar-refractivity contribution in [2.24, 2.45) is 0 Å². The third-order valence-electron chi connectivity index (χ3n) is 12.6. The molecule has 73 heavy (non-hydrogen) atoms. The molecule has 2 aliphatic rings. The van der Waals surface area contributed by atoms with Crippen LogP contribution in [-0.4, -0.2) is 139 Å². The van der Waals surface area contributed by atoms with Crippen molar-refractivity contribution < 1.29 is 41.1 Å². The zero-order valence-electron chi connectivity index (χ0n) is 41.7. The van der Waals surface area contributed by atoms with Crippen molar-refractivity contribution in [1.82, 2.24) is 44.1 Å². The van der Waals surface area contributed by atoms with Crippen LogP contribution in [0.2, 0.25) is 0 Å². The van der Waals surface area contributed by atoms with E-state index in [0.717, 1.165) is 39.3 Å². The summed E-state index contributed by atoms with van der Waals surface area (Å²) in [5, 5.41) is 16.7. The van der Waals surface area contributed by atoms with Gasteiger partial charge < -0.3 is 54.0 Å². The first-order valence-corrected chi connectivity index (χ1v) is 24.8. The van der Waals surface area contributed by atoms with Crippen LogP contribution < -0.4 is 30.7 Å². The van der Waals surface area contributed by atoms with E-state index >= 15 is 0 Å². The van der Waals surface area contributed by atoms with E-state index in [2.05, 4.69) is 48.2 Å². The van der Waals surface area contributed by atoms with Crippen LogP contribution in [0, 0.1) is 25.7 Å². The number of carbonyl (C=O) groups excluding carboxylic acids is 1. The smallest absolute Gasteiger partial charge is 0.406 e. The maximum absolute atomic E-state index is 14.9. The summed E-state index contributed by atoms with van der Waals surface area (Å²) in [6.45, 7) is 5.78. The number of amides is 1. The fraction of sp³-hybridized carbons (Fsp3) is 0.423. The van der Waals surface area contributed by atoms with Crippen molar-refractivity contribution in [3.8, 4) is 34.5 Å². The molecule has 388 valence electrons. The minimum Gasteiger partial charge on any atom is -0.495 e. The molecule has 1 amide bonds. The van der Waals surface area contributed by atoms with E-state index in [4.69, 9.17) is 18.7 Å². The minimum absolute atomic E-state index is 0.149. The molecule has 2 unspecified atom stereocenters. The third kappa shape index (κ3) is 13.5. The summed E-state index contributed by atoms with van der Waals surface area (Å²) in [5.74, 6) is 8.18. The molecule has 8 rings (SSSR count). The van der Waals surface area contributed by atoms with Gasteiger partial charge in [-0.15, -0.1) is 0 Å². The van der Waals surface area contributed by atoms with Gasteiger partial charge in [0.05, 0.1) is 56.0 Å². The first-order valence-electron chi connectivity index (χ1n) is 24.0. The number of nitrogens with one attached hydrogen (secondary N) is 4. The number of anilines is 2. The molecule has 3 atom stereocenters. The maximum atomic E-state index is 14.9. The lowest BCUT2D eigenvalue weighted by Gasteiger charge is -2.35. The molecular formula is C52H61F4N11O5S. The number of benzene rings is 2. The molecule has 1 saturated heterocycles. The lowest BCUT2D eigenvalue weighted by molar-refractivity contribution is -0.140. The van der Waals surface area contributed by atoms with Gasteiger partial charge in [-0.25, -0.2) is 13.7 Å². The first-order chi connectivity index (χ1) is 35.2. The standard InChI is InChI=1S/C52H61F4N11O5S/c1-33-49(34(2)72-63-33)36-25-46-50(60-28-36)62-51(57-3)66(46)29-35-10-7-12-38(24-35)71-31-48(68)59-19-22-70-23-21-65(5)73-39-15-16-44(47(27-39)69-6)58-18-9-11-37-26-40-42(61-43-17-20-64(4)30-41(43)53)13-8-14-45(40)67(37)32-52(54,55)56/h7-8,10,12,14-16,24-28,41-43,58,61H,13,17-23,29-32H2,1-6H3,(H,59,68)(H,57,60,62)/t41-,42?,43?/m0/s1. The quantitative estimate of drug-likeness (QED) is 0.0239. The van der Waals surface area contributed by atoms with Gasteiger partial charge in [0, 0.05) is 66.7 Å². The molecule has 1 aliphatic carbocycles. The zero-order chi connectivity index (χ0) is 51.6. The van der Waals surface area contributed by atoms with E-state index in [-0.39, 0.29) is 36.8 Å². The largest absolute Gasteiger partial charge is 0.495 e. The van der Waals surface area contributed by atoms with Gasteiger partial charge in [0.25, 0.3) is 5.91 Å². The number of likely N-dealkylation sites (tertiary alicyclic amines) is 1. The van der Waals surface area contributed by atoms with Crippen molar-refractivity contribution >= 4 is 46.7 Å². The lowest BCUT2D eigenvalue weighted by atomic mass is 9.95. The predicted octanol–water partition coefficient (Wildman–Crippen LogP) is 7.87. The number of imidazole rings is 1. The van der Waals surface area contributed by atoms with E-state index < -0.39 is 18.9 Å². The fourth-order valence-corrected chi connectivity index (χ4v) is 9.86. The number of aryl methyl sites for hydroxylation is 2. The van der Waals surface area contributed by atoms with Crippen LogP contribution in [0.5, 0.6) is 11.5 Å². The highest BCUT2D eigenvalue weighted by Gasteiger charge is 2.35. The average Bonchev–Trinajstić information content (AvgIpc) is 4.02. The Morgan fingerprint density at radius 2 is 1.95 bits per heavy atom. The number of methoxy groups -OCH3 is 1. The highest BCUT2D eigenvalue weighted by Crippen LogP contribution is 2.36. The Balaban J connectivity index is 0.758. The average molecular weight is 1030 g/mol. The summed E-state index contributed by atoms with van der Waals surface area (Å²) in [4.78, 5) is 24.8. The number of piperidine rings is 1. The van der Waals surface area contributed by atoms with Crippen molar-refractivity contribution in [3.05, 3.63) is 101 Å². The molecule has 6 aromatic rings. The van der Waals surface area contributed by atoms with Crippen molar-refractivity contribution in [1.29, 1.82) is 0 Å². The van der Waals surface area contributed by atoms with Gasteiger partial charge in [-0.3, -0.25) is 4.79 Å². The van der Waals surface area contributed by atoms with Gasteiger partial charge in [0.1, 0.15) is 30.0 Å². The Kier molecular flexibility index (Phi) is 17.3. The van der Waals surface area contributed by atoms with Crippen LogP contribution >= 0.6 is 11.9 Å². The van der Waals surface area contributed by atoms with E-state index in [1.54, 1.807) is 25.4 Å². The number of nitrogens with zero attached hydrogens (tertiary/aromatic N) is 7. The SMILES string of the molecule is CNc1nc2ncc(-c3c(C)noc3C)cc2n1Cc1cccc(OCC(=O)NCCOCCN(C)Sc2ccc(NCC#Cc3cc4c(n3CC(F)(F)F)C=CCC4NC3CCN(C)C[C@@H]3F)c(OC)c2)c1. The normalized spacial score (nSPS) is 16.8. The van der Waals surface area contributed by atoms with Crippen molar-refractivity contribution in [2.75, 3.05) is 91.4 Å². The highest BCUT2D eigenvalue weighted by molar-refractivity contribution is 7.97. The summed E-state index contributed by atoms with van der Waals surface area (Å²) in [5.41, 5.74) is 7.01. The number of halogens is 4. The topological polar surface area (TPSA) is 161 Å². The van der Waals surface area contributed by atoms with E-state index in [0.29, 0.717) is 98.0 Å². The van der Waals surface area contributed by atoms with Crippen molar-refractivity contribution in [3.63, 3.8) is 0 Å². The number of carbonyl (C=O) groups is 1. The second-order valence-electron chi connectivity index (χ2n) is 18.0. The molecule has 0 spiro atoms. The molecule has 5 heterocycles. The molecular weight excluding hydrogens is 967 g/mol. The highest BCUT2D eigenvalue weighted by atomic mass is 32.2. The number of alkyl halides is 4. The molecule has 1 aliphatic heterocycles. The van der Waals surface area contributed by atoms with Gasteiger partial charge in [-0.2, -0.15) is 18.2 Å². The van der Waals surface area contributed by atoms with Crippen LogP contribution in [0.1, 0.15) is 52.9 Å². The second-order valence-corrected chi connectivity index (χ2v) is 19.3. The molecule has 0 saturated carbocycles. The summed E-state index contributed by atoms with van der Waals surface area (Å²) < 4.78 is 84.3. The Hall–Kier alpha value is -6.57. The maximum Gasteiger partial charge on any atom is 0.406 e. The van der Waals surface area contributed by atoms with Gasteiger partial charge in [-0.1, -0.05) is 29.3 Å². The molecule has 16 nitrogen and oxygen atoms in total. The predicted molar refractivity (Wildman–Crippen MR) is 275 cm³/mol. The number of fused-ring (bicyclic) bond motifs is 2. The number of rotatable bonds is 21. The van der Waals surface area contributed by atoms with Gasteiger partial charge >= 0.3 is 6.18 Å². The molecule has 21 heteroatoms. The molecule has 4 aromatic heterocycles. The molecule has 1 fully saturated rings. The molecule has 2 aromatic carbocycles. The summed E-state index contributed by atoms with van der Waals surface area (Å²) in [7, 11) is 7.19. The Morgan fingerprint density at radius 1 is 1.10 bits per heavy atom. The van der Waals surface area contributed by atoms with E-state index in [1.807, 2.05) is 103 Å². The fourth-order valence-electron chi connectivity index (χ4n) is 9.04. The monoisotopic (exact) mass is 1030 g/mol. The molecule has 0 bridgehead atoms. The van der Waals surface area contributed by atoms with Crippen LogP contribution in [0.15, 0.2) is 76.3 Å². The Morgan fingerprint density at radius 3 is 2.71 bits per heavy atom. The lowest BCUT2D eigenvalue weighted by Crippen LogP contribution is -2.50. The van der Waals surface area contributed by atoms with Crippen LogP contribution in [0.3, 0.4) is 0 Å². The molecule has 0 radical (unpaired) electrons. The number of pyridine rings is 1. The van der Waals surface area contributed by atoms with Gasteiger partial charge in [0.2, 0.25) is 5.95 Å². The van der Waals surface area contributed by atoms with Crippen LogP contribution in [0.4, 0.5) is 29.2 Å². The Bertz CT molecular complexity index is 2940. The van der Waals surface area contributed by atoms with E-state index in [1.165, 1.54) is 16.5 Å². The van der Waals surface area contributed by atoms with Crippen LogP contribution in [-0.2, 0) is 22.6 Å². The number of ether oxygens (including phenoxy) is 3. The summed E-state index contributed by atoms with van der Waals surface area (Å²) >= 11 is 1.50. The summed E-state index contributed by atoms with van der Waals surface area (Å²) in [6, 6.07) is 16.3. The van der Waals surface area contributed by atoms with Crippen molar-refractivity contribution in [2.45, 2.75) is 69.1 Å². The number of hydrogen-bond acceptors (Lipinski definition) is 14. The Labute approximate surface area is 426 Å². The number of likely N-dealkylation sites (N-methyl/N-ethyl adjacent to an activating group) is 1. The zero-order valence-corrected chi connectivity index (χ0v) is 42.6. The second kappa shape index (κ2) is 24.0. The van der Waals surface area contributed by atoms with E-state index in [9.17, 15) is 22.4 Å². The number of aromatic nitrogens is 5. The van der Waals surface area contributed by atoms with Crippen LogP contribution in [0.25, 0.3) is 28.4 Å². The minimum atomic E-state index is -4.46. The third-order valence-corrected chi connectivity index (χ3v) is 13.5. The van der Waals surface area contributed by atoms with Gasteiger partial charge in [-0.05, 0) is 125 Å². The summed E-state index contributed by atoms with van der Waals surface area (Å²) in [6.07, 6.45) is 0.941. The van der Waals surface area contributed by atoms with Gasteiger partial charge in [0.15, 0.2) is 12.3 Å².